The topological polar surface area (TPSA) is 55.1 Å². The summed E-state index contributed by atoms with van der Waals surface area (Å²) < 4.78 is 14.7. The van der Waals surface area contributed by atoms with Gasteiger partial charge in [0.1, 0.15) is 5.82 Å². The Morgan fingerprint density at radius 3 is 2.93 bits per heavy atom. The van der Waals surface area contributed by atoms with Gasteiger partial charge in [0.15, 0.2) is 0 Å². The molecule has 2 rings (SSSR count). The van der Waals surface area contributed by atoms with Gasteiger partial charge < -0.3 is 5.11 Å². The van der Waals surface area contributed by atoms with E-state index in [-0.39, 0.29) is 5.56 Å². The number of fused-ring (bicyclic) bond motifs is 1. The van der Waals surface area contributed by atoms with Gasteiger partial charge in [0.25, 0.3) is 0 Å². The van der Waals surface area contributed by atoms with Crippen molar-refractivity contribution in [3.05, 3.63) is 29.7 Å². The van der Waals surface area contributed by atoms with Crippen LogP contribution in [0.15, 0.2) is 18.3 Å². The molecule has 0 fully saturated rings. The number of halogens is 1. The van der Waals surface area contributed by atoms with Crippen molar-refractivity contribution in [3.8, 4) is 0 Å². The number of rotatable bonds is 1. The van der Waals surface area contributed by atoms with Crippen molar-refractivity contribution in [2.75, 3.05) is 0 Å². The molecule has 1 heterocycles. The van der Waals surface area contributed by atoms with Gasteiger partial charge in [0, 0.05) is 24.7 Å². The Bertz CT molecular complexity index is 519. The number of carbonyl (C=O) groups is 1. The molecule has 5 heteroatoms. The van der Waals surface area contributed by atoms with Gasteiger partial charge in [-0.1, -0.05) is 0 Å². The average molecular weight is 194 g/mol. The van der Waals surface area contributed by atoms with Crippen molar-refractivity contribution in [2.45, 2.75) is 0 Å². The summed E-state index contributed by atoms with van der Waals surface area (Å²) in [5.74, 6) is -2.03. The van der Waals surface area contributed by atoms with Crippen LogP contribution < -0.4 is 0 Å². The maximum Gasteiger partial charge on any atom is 0.338 e. The van der Waals surface area contributed by atoms with Gasteiger partial charge in [-0.3, -0.25) is 4.68 Å². The quantitative estimate of drug-likeness (QED) is 0.746. The predicted octanol–water partition coefficient (Wildman–Crippen LogP) is 1.41. The molecule has 0 amide bonds. The van der Waals surface area contributed by atoms with Crippen LogP contribution in [0.1, 0.15) is 10.4 Å². The highest BCUT2D eigenvalue weighted by molar-refractivity contribution is 5.93. The highest BCUT2D eigenvalue weighted by Gasteiger charge is 2.12. The smallest absolute Gasteiger partial charge is 0.338 e. The fourth-order valence-corrected chi connectivity index (χ4v) is 1.33. The van der Waals surface area contributed by atoms with Gasteiger partial charge in [-0.2, -0.15) is 5.10 Å². The van der Waals surface area contributed by atoms with E-state index in [4.69, 9.17) is 5.11 Å². The zero-order valence-electron chi connectivity index (χ0n) is 7.36. The molecule has 1 aromatic heterocycles. The van der Waals surface area contributed by atoms with E-state index in [9.17, 15) is 9.18 Å². The Hall–Kier alpha value is -1.91. The van der Waals surface area contributed by atoms with Gasteiger partial charge in [-0.15, -0.1) is 0 Å². The summed E-state index contributed by atoms with van der Waals surface area (Å²) in [5.41, 5.74) is 0.125. The minimum absolute atomic E-state index is 0.328. The first kappa shape index (κ1) is 8.68. The number of carboxylic acids is 1. The molecule has 0 bridgehead atoms. The molecule has 1 N–H and O–H groups in total. The summed E-state index contributed by atoms with van der Waals surface area (Å²) in [4.78, 5) is 10.6. The molecule has 0 saturated carbocycles. The van der Waals surface area contributed by atoms with E-state index in [1.807, 2.05) is 0 Å². The van der Waals surface area contributed by atoms with Gasteiger partial charge in [0.05, 0.1) is 11.1 Å². The Labute approximate surface area is 78.6 Å². The molecule has 2 aromatic rings. The first-order chi connectivity index (χ1) is 6.58. The van der Waals surface area contributed by atoms with E-state index in [1.54, 1.807) is 13.2 Å². The van der Waals surface area contributed by atoms with E-state index < -0.39 is 11.8 Å². The van der Waals surface area contributed by atoms with E-state index in [0.717, 1.165) is 6.07 Å². The van der Waals surface area contributed by atoms with E-state index in [1.165, 1.54) is 10.7 Å². The van der Waals surface area contributed by atoms with Crippen molar-refractivity contribution in [1.82, 2.24) is 9.78 Å². The molecule has 14 heavy (non-hydrogen) atoms. The molecule has 72 valence electrons. The average Bonchev–Trinajstić information content (AvgIpc) is 2.42. The van der Waals surface area contributed by atoms with Crippen molar-refractivity contribution < 1.29 is 14.3 Å². The Morgan fingerprint density at radius 1 is 1.57 bits per heavy atom. The SMILES string of the molecule is Cn1cc2cc(C(=O)O)c(F)cc2n1. The summed E-state index contributed by atoms with van der Waals surface area (Å²) in [6.07, 6.45) is 1.64. The lowest BCUT2D eigenvalue weighted by atomic mass is 10.1. The van der Waals surface area contributed by atoms with Crippen LogP contribution in [0.3, 0.4) is 0 Å². The normalized spacial score (nSPS) is 10.7. The van der Waals surface area contributed by atoms with Crippen LogP contribution in [0, 0.1) is 5.82 Å². The van der Waals surface area contributed by atoms with E-state index in [2.05, 4.69) is 5.10 Å². The molecule has 0 unspecified atom stereocenters. The van der Waals surface area contributed by atoms with Crippen LogP contribution in [0.4, 0.5) is 4.39 Å². The number of benzene rings is 1. The number of nitrogens with zero attached hydrogens (tertiary/aromatic N) is 2. The number of aromatic carboxylic acids is 1. The summed E-state index contributed by atoms with van der Waals surface area (Å²) >= 11 is 0. The van der Waals surface area contributed by atoms with E-state index in [0.29, 0.717) is 10.9 Å². The van der Waals surface area contributed by atoms with Crippen molar-refractivity contribution in [3.63, 3.8) is 0 Å². The van der Waals surface area contributed by atoms with Gasteiger partial charge in [-0.05, 0) is 6.07 Å². The number of hydrogen-bond acceptors (Lipinski definition) is 2. The molecular weight excluding hydrogens is 187 g/mol. The van der Waals surface area contributed by atoms with Gasteiger partial charge in [-0.25, -0.2) is 9.18 Å². The standard InChI is InChI=1S/C9H7FN2O2/c1-12-4-5-2-6(9(13)14)7(10)3-8(5)11-12/h2-4H,1H3,(H,13,14). The predicted molar refractivity (Wildman–Crippen MR) is 47.6 cm³/mol. The fourth-order valence-electron chi connectivity index (χ4n) is 1.33. The van der Waals surface area contributed by atoms with E-state index >= 15 is 0 Å². The van der Waals surface area contributed by atoms with Crippen LogP contribution >= 0.6 is 0 Å². The van der Waals surface area contributed by atoms with Crippen LogP contribution in [0.2, 0.25) is 0 Å². The second-order valence-electron chi connectivity index (χ2n) is 3.00. The third-order valence-corrected chi connectivity index (χ3v) is 1.94. The van der Waals surface area contributed by atoms with Crippen molar-refractivity contribution >= 4 is 16.9 Å². The lowest BCUT2D eigenvalue weighted by molar-refractivity contribution is 0.0692. The largest absolute Gasteiger partial charge is 0.478 e. The molecule has 0 aliphatic rings. The molecule has 0 saturated heterocycles. The second kappa shape index (κ2) is 2.80. The minimum Gasteiger partial charge on any atom is -0.478 e. The summed E-state index contributed by atoms with van der Waals surface area (Å²) in [5, 5.41) is 13.2. The summed E-state index contributed by atoms with van der Waals surface area (Å²) in [6.45, 7) is 0. The zero-order chi connectivity index (χ0) is 10.3. The molecule has 0 aliphatic heterocycles. The van der Waals surface area contributed by atoms with Crippen LogP contribution in [0.5, 0.6) is 0 Å². The highest BCUT2D eigenvalue weighted by Crippen LogP contribution is 2.17. The second-order valence-corrected chi connectivity index (χ2v) is 3.00. The Morgan fingerprint density at radius 2 is 2.29 bits per heavy atom. The Balaban J connectivity index is 2.76. The fraction of sp³-hybridized carbons (Fsp3) is 0.111. The lowest BCUT2D eigenvalue weighted by Gasteiger charge is -1.95. The number of hydrogen-bond donors (Lipinski definition) is 1. The first-order valence-corrected chi connectivity index (χ1v) is 3.94. The molecule has 0 radical (unpaired) electrons. The van der Waals surface area contributed by atoms with Crippen LogP contribution in [0.25, 0.3) is 10.9 Å². The highest BCUT2D eigenvalue weighted by atomic mass is 19.1. The number of aromatic nitrogens is 2. The maximum absolute atomic E-state index is 13.1. The summed E-state index contributed by atoms with van der Waals surface area (Å²) in [6, 6.07) is 2.40. The number of carboxylic acid groups (broad SMARTS) is 1. The van der Waals surface area contributed by atoms with Crippen LogP contribution in [-0.2, 0) is 7.05 Å². The molecule has 0 spiro atoms. The zero-order valence-corrected chi connectivity index (χ0v) is 7.36. The maximum atomic E-state index is 13.1. The Kier molecular flexibility index (Phi) is 1.73. The van der Waals surface area contributed by atoms with Crippen molar-refractivity contribution in [2.24, 2.45) is 7.05 Å². The van der Waals surface area contributed by atoms with Gasteiger partial charge >= 0.3 is 5.97 Å². The molecular formula is C9H7FN2O2. The third-order valence-electron chi connectivity index (χ3n) is 1.94. The van der Waals surface area contributed by atoms with Gasteiger partial charge in [0.2, 0.25) is 0 Å². The molecule has 4 nitrogen and oxygen atoms in total. The van der Waals surface area contributed by atoms with Crippen molar-refractivity contribution in [1.29, 1.82) is 0 Å². The molecule has 1 aromatic carbocycles. The van der Waals surface area contributed by atoms with Crippen LogP contribution in [-0.4, -0.2) is 20.9 Å². The molecule has 0 aliphatic carbocycles. The third kappa shape index (κ3) is 1.22. The lowest BCUT2D eigenvalue weighted by Crippen LogP contribution is -1.99. The summed E-state index contributed by atoms with van der Waals surface area (Å²) in [7, 11) is 1.69. The number of aryl methyl sites for hydroxylation is 1. The minimum atomic E-state index is -1.27. The first-order valence-electron chi connectivity index (χ1n) is 3.94. The molecule has 0 atom stereocenters. The monoisotopic (exact) mass is 194 g/mol.